The van der Waals surface area contributed by atoms with E-state index in [2.05, 4.69) is 9.69 Å². The van der Waals surface area contributed by atoms with Crippen LogP contribution in [0.3, 0.4) is 0 Å². The minimum absolute atomic E-state index is 0.0167. The highest BCUT2D eigenvalue weighted by Crippen LogP contribution is 2.24. The molecule has 0 bridgehead atoms. The van der Waals surface area contributed by atoms with Crippen molar-refractivity contribution in [2.75, 3.05) is 11.9 Å². The zero-order valence-corrected chi connectivity index (χ0v) is 11.4. The molecule has 1 aromatic heterocycles. The number of rotatable bonds is 5. The van der Waals surface area contributed by atoms with Crippen molar-refractivity contribution >= 4 is 28.4 Å². The van der Waals surface area contributed by atoms with Crippen LogP contribution in [-0.4, -0.2) is 28.0 Å². The Labute approximate surface area is 119 Å². The number of aromatic carboxylic acids is 1. The molecule has 0 aliphatic rings. The van der Waals surface area contributed by atoms with Gasteiger partial charge in [0, 0.05) is 0 Å². The molecule has 7 heteroatoms. The number of anilines is 1. The lowest BCUT2D eigenvalue weighted by atomic mass is 10.2. The number of benzene rings is 1. The molecule has 1 heterocycles. The molecule has 0 radical (unpaired) electrons. The number of aryl methyl sites for hydroxylation is 1. The zero-order chi connectivity index (χ0) is 14.5. The van der Waals surface area contributed by atoms with Gasteiger partial charge >= 0.3 is 5.97 Å². The number of hydrogen-bond acceptors (Lipinski definition) is 5. The van der Waals surface area contributed by atoms with E-state index >= 15 is 0 Å². The Kier molecular flexibility index (Phi) is 4.31. The van der Waals surface area contributed by atoms with Gasteiger partial charge in [-0.1, -0.05) is 18.2 Å². The van der Waals surface area contributed by atoms with E-state index in [0.29, 0.717) is 11.4 Å². The SMILES string of the molecule is Cc1nsc(NC(=O)COc2ccccc2)c1C(=O)O. The average Bonchev–Trinajstić information content (AvgIpc) is 2.78. The number of carboxylic acids is 1. The first-order chi connectivity index (χ1) is 9.58. The van der Waals surface area contributed by atoms with Crippen LogP contribution < -0.4 is 10.1 Å². The highest BCUT2D eigenvalue weighted by molar-refractivity contribution is 7.11. The van der Waals surface area contributed by atoms with Gasteiger partial charge in [0.05, 0.1) is 5.69 Å². The smallest absolute Gasteiger partial charge is 0.340 e. The molecule has 20 heavy (non-hydrogen) atoms. The van der Waals surface area contributed by atoms with Crippen LogP contribution in [0.5, 0.6) is 5.75 Å². The lowest BCUT2D eigenvalue weighted by Gasteiger charge is -2.06. The van der Waals surface area contributed by atoms with Crippen molar-refractivity contribution in [1.29, 1.82) is 0 Å². The van der Waals surface area contributed by atoms with E-state index in [4.69, 9.17) is 9.84 Å². The van der Waals surface area contributed by atoms with Crippen molar-refractivity contribution in [3.8, 4) is 5.75 Å². The molecule has 2 N–H and O–H groups in total. The summed E-state index contributed by atoms with van der Waals surface area (Å²) < 4.78 is 9.19. The molecule has 6 nitrogen and oxygen atoms in total. The molecule has 0 unspecified atom stereocenters. The summed E-state index contributed by atoms with van der Waals surface area (Å²) in [6.07, 6.45) is 0. The first-order valence-corrected chi connectivity index (χ1v) is 6.52. The number of hydrogen-bond donors (Lipinski definition) is 2. The summed E-state index contributed by atoms with van der Waals surface area (Å²) in [7, 11) is 0. The molecule has 1 aromatic carbocycles. The Hall–Kier alpha value is -2.41. The van der Waals surface area contributed by atoms with Crippen LogP contribution in [-0.2, 0) is 4.79 Å². The lowest BCUT2D eigenvalue weighted by Crippen LogP contribution is -2.20. The average molecular weight is 292 g/mol. The topological polar surface area (TPSA) is 88.5 Å². The number of ether oxygens (including phenoxy) is 1. The normalized spacial score (nSPS) is 10.1. The molecule has 0 saturated heterocycles. The lowest BCUT2D eigenvalue weighted by molar-refractivity contribution is -0.118. The van der Waals surface area contributed by atoms with Crippen molar-refractivity contribution in [2.24, 2.45) is 0 Å². The molecule has 2 rings (SSSR count). The third-order valence-corrected chi connectivity index (χ3v) is 3.30. The van der Waals surface area contributed by atoms with Gasteiger partial charge in [-0.2, -0.15) is 4.37 Å². The van der Waals surface area contributed by atoms with Crippen molar-refractivity contribution in [2.45, 2.75) is 6.92 Å². The number of para-hydroxylation sites is 1. The first-order valence-electron chi connectivity index (χ1n) is 5.75. The summed E-state index contributed by atoms with van der Waals surface area (Å²) >= 11 is 0.936. The molecule has 0 aliphatic heterocycles. The summed E-state index contributed by atoms with van der Waals surface area (Å²) in [5.41, 5.74) is 0.393. The van der Waals surface area contributed by atoms with E-state index in [0.717, 1.165) is 11.5 Å². The Morgan fingerprint density at radius 3 is 2.70 bits per heavy atom. The van der Waals surface area contributed by atoms with Crippen LogP contribution in [0.1, 0.15) is 16.1 Å². The second-order valence-corrected chi connectivity index (χ2v) is 4.70. The van der Waals surface area contributed by atoms with Crippen LogP contribution in [0.15, 0.2) is 30.3 Å². The van der Waals surface area contributed by atoms with Gasteiger partial charge in [-0.25, -0.2) is 4.79 Å². The first kappa shape index (κ1) is 14.0. The minimum Gasteiger partial charge on any atom is -0.484 e. The molecule has 0 spiro atoms. The van der Waals surface area contributed by atoms with E-state index in [-0.39, 0.29) is 17.2 Å². The van der Waals surface area contributed by atoms with Gasteiger partial charge in [0.15, 0.2) is 6.61 Å². The quantitative estimate of drug-likeness (QED) is 0.881. The van der Waals surface area contributed by atoms with E-state index in [1.807, 2.05) is 6.07 Å². The summed E-state index contributed by atoms with van der Waals surface area (Å²) in [4.78, 5) is 22.8. The summed E-state index contributed by atoms with van der Waals surface area (Å²) in [6, 6.07) is 8.89. The van der Waals surface area contributed by atoms with Crippen LogP contribution in [0.4, 0.5) is 5.00 Å². The number of amides is 1. The third kappa shape index (κ3) is 3.33. The van der Waals surface area contributed by atoms with Gasteiger partial charge in [-0.3, -0.25) is 4.79 Å². The van der Waals surface area contributed by atoms with Crippen molar-refractivity contribution in [3.63, 3.8) is 0 Å². The van der Waals surface area contributed by atoms with Gasteiger partial charge in [-0.05, 0) is 30.6 Å². The molecule has 104 valence electrons. The van der Waals surface area contributed by atoms with Gasteiger partial charge < -0.3 is 15.2 Å². The number of aromatic nitrogens is 1. The van der Waals surface area contributed by atoms with E-state index in [1.165, 1.54) is 0 Å². The summed E-state index contributed by atoms with van der Waals surface area (Å²) in [5, 5.41) is 11.8. The van der Waals surface area contributed by atoms with E-state index in [9.17, 15) is 9.59 Å². The third-order valence-electron chi connectivity index (χ3n) is 2.44. The second kappa shape index (κ2) is 6.16. The van der Waals surface area contributed by atoms with Crippen molar-refractivity contribution in [3.05, 3.63) is 41.6 Å². The maximum Gasteiger partial charge on any atom is 0.340 e. The maximum atomic E-state index is 11.7. The van der Waals surface area contributed by atoms with E-state index < -0.39 is 11.9 Å². The van der Waals surface area contributed by atoms with Crippen LogP contribution in [0.2, 0.25) is 0 Å². The Morgan fingerprint density at radius 1 is 1.35 bits per heavy atom. The van der Waals surface area contributed by atoms with Crippen LogP contribution >= 0.6 is 11.5 Å². The minimum atomic E-state index is -1.12. The Bertz CT molecular complexity index is 625. The number of nitrogens with one attached hydrogen (secondary N) is 1. The number of carboxylic acid groups (broad SMARTS) is 1. The van der Waals surface area contributed by atoms with E-state index in [1.54, 1.807) is 31.2 Å². The number of carbonyl (C=O) groups excluding carboxylic acids is 1. The predicted molar refractivity (Wildman–Crippen MR) is 74.4 cm³/mol. The maximum absolute atomic E-state index is 11.7. The monoisotopic (exact) mass is 292 g/mol. The highest BCUT2D eigenvalue weighted by atomic mass is 32.1. The molecule has 0 aliphatic carbocycles. The Balaban J connectivity index is 1.97. The van der Waals surface area contributed by atoms with Crippen molar-refractivity contribution < 1.29 is 19.4 Å². The fraction of sp³-hybridized carbons (Fsp3) is 0.154. The number of carbonyl (C=O) groups is 2. The van der Waals surface area contributed by atoms with Crippen molar-refractivity contribution in [1.82, 2.24) is 4.37 Å². The molecule has 1 amide bonds. The van der Waals surface area contributed by atoms with Gasteiger partial charge in [0.2, 0.25) is 0 Å². The zero-order valence-electron chi connectivity index (χ0n) is 10.6. The Morgan fingerprint density at radius 2 is 2.05 bits per heavy atom. The molecule has 0 fully saturated rings. The summed E-state index contributed by atoms with van der Waals surface area (Å²) in [6.45, 7) is 1.39. The predicted octanol–water partition coefficient (Wildman–Crippen LogP) is 2.17. The van der Waals surface area contributed by atoms with Crippen LogP contribution in [0, 0.1) is 6.92 Å². The van der Waals surface area contributed by atoms with Gasteiger partial charge in [0.1, 0.15) is 16.3 Å². The second-order valence-electron chi connectivity index (χ2n) is 3.93. The molecule has 2 aromatic rings. The largest absolute Gasteiger partial charge is 0.484 e. The molecular weight excluding hydrogens is 280 g/mol. The fourth-order valence-electron chi connectivity index (χ4n) is 1.54. The molecule has 0 saturated carbocycles. The number of nitrogens with zero attached hydrogens (tertiary/aromatic N) is 1. The van der Waals surface area contributed by atoms with Gasteiger partial charge in [-0.15, -0.1) is 0 Å². The standard InChI is InChI=1S/C13H12N2O4S/c1-8-11(13(17)18)12(20-15-8)14-10(16)7-19-9-5-3-2-4-6-9/h2-6H,7H2,1H3,(H,14,16)(H,17,18). The summed E-state index contributed by atoms with van der Waals surface area (Å²) in [5.74, 6) is -0.975. The van der Waals surface area contributed by atoms with Gasteiger partial charge in [0.25, 0.3) is 5.91 Å². The molecular formula is C13H12N2O4S. The fourth-order valence-corrected chi connectivity index (χ4v) is 2.34. The van der Waals surface area contributed by atoms with Crippen LogP contribution in [0.25, 0.3) is 0 Å². The highest BCUT2D eigenvalue weighted by Gasteiger charge is 2.19. The molecule has 0 atom stereocenters.